The van der Waals surface area contributed by atoms with E-state index >= 15 is 0 Å². The van der Waals surface area contributed by atoms with E-state index < -0.39 is 0 Å². The Morgan fingerprint density at radius 1 is 1.32 bits per heavy atom. The summed E-state index contributed by atoms with van der Waals surface area (Å²) in [6.45, 7) is 0. The van der Waals surface area contributed by atoms with Crippen molar-refractivity contribution in [3.63, 3.8) is 0 Å². The number of nitrogens with one attached hydrogen (secondary N) is 1. The van der Waals surface area contributed by atoms with E-state index in [0.29, 0.717) is 16.1 Å². The number of thiazole rings is 1. The second-order valence-electron chi connectivity index (χ2n) is 5.87. The molecular formula is C18H22N2O3S2. The van der Waals surface area contributed by atoms with Gasteiger partial charge in [-0.25, -0.2) is 4.98 Å². The first kappa shape index (κ1) is 18.1. The van der Waals surface area contributed by atoms with Gasteiger partial charge in [-0.3, -0.25) is 4.79 Å². The minimum Gasteiger partial charge on any atom is -0.497 e. The molecule has 1 amide bonds. The van der Waals surface area contributed by atoms with E-state index in [2.05, 4.69) is 10.3 Å². The third-order valence-electron chi connectivity index (χ3n) is 4.19. The third kappa shape index (κ3) is 4.67. The van der Waals surface area contributed by atoms with Crippen LogP contribution in [0.5, 0.6) is 11.5 Å². The fraction of sp³-hybridized carbons (Fsp3) is 0.444. The molecule has 1 heterocycles. The Hall–Kier alpha value is -1.73. The van der Waals surface area contributed by atoms with Crippen molar-refractivity contribution in [2.24, 2.45) is 0 Å². The average Bonchev–Trinajstić information content (AvgIpc) is 3.31. The molecular weight excluding hydrogens is 356 g/mol. The third-order valence-corrected chi connectivity index (χ3v) is 6.31. The number of amides is 1. The predicted octanol–water partition coefficient (Wildman–Crippen LogP) is 4.44. The van der Waals surface area contributed by atoms with Crippen molar-refractivity contribution in [2.45, 2.75) is 30.9 Å². The molecule has 0 aliphatic heterocycles. The van der Waals surface area contributed by atoms with E-state index in [4.69, 9.17) is 9.47 Å². The van der Waals surface area contributed by atoms with Crippen LogP contribution >= 0.6 is 23.1 Å². The molecule has 0 spiro atoms. The van der Waals surface area contributed by atoms with E-state index in [1.807, 2.05) is 23.6 Å². The first-order valence-electron chi connectivity index (χ1n) is 8.29. The van der Waals surface area contributed by atoms with Crippen LogP contribution in [0, 0.1) is 0 Å². The number of thioether (sulfide) groups is 1. The first-order chi connectivity index (χ1) is 12.2. The van der Waals surface area contributed by atoms with Gasteiger partial charge in [0, 0.05) is 16.2 Å². The van der Waals surface area contributed by atoms with Gasteiger partial charge in [0.2, 0.25) is 5.91 Å². The SMILES string of the molecule is COc1ccc(OC)c(-c2csc(NC(=O)CSC3CCCC3)n2)c1. The van der Waals surface area contributed by atoms with Gasteiger partial charge >= 0.3 is 0 Å². The smallest absolute Gasteiger partial charge is 0.236 e. The van der Waals surface area contributed by atoms with Crippen molar-refractivity contribution in [3.8, 4) is 22.8 Å². The normalized spacial score (nSPS) is 14.5. The number of rotatable bonds is 7. The number of ether oxygens (including phenoxy) is 2. The van der Waals surface area contributed by atoms with E-state index in [1.54, 1.807) is 26.0 Å². The van der Waals surface area contributed by atoms with Crippen LogP contribution in [0.2, 0.25) is 0 Å². The molecule has 1 aliphatic rings. The predicted molar refractivity (Wildman–Crippen MR) is 104 cm³/mol. The Morgan fingerprint density at radius 3 is 2.84 bits per heavy atom. The number of hydrogen-bond acceptors (Lipinski definition) is 6. The fourth-order valence-electron chi connectivity index (χ4n) is 2.87. The highest BCUT2D eigenvalue weighted by Gasteiger charge is 2.17. The molecule has 1 N–H and O–H groups in total. The number of anilines is 1. The number of carbonyl (C=O) groups is 1. The second kappa shape index (κ2) is 8.58. The summed E-state index contributed by atoms with van der Waals surface area (Å²) in [5, 5.41) is 6.06. The standard InChI is InChI=1S/C18H22N2O3S2/c1-22-12-7-8-16(23-2)14(9-12)15-10-25-18(19-15)20-17(21)11-24-13-5-3-4-6-13/h7-10,13H,3-6,11H2,1-2H3,(H,19,20,21). The maximum atomic E-state index is 12.1. The Labute approximate surface area is 156 Å². The lowest BCUT2D eigenvalue weighted by molar-refractivity contribution is -0.113. The zero-order valence-electron chi connectivity index (χ0n) is 14.4. The van der Waals surface area contributed by atoms with Gasteiger partial charge in [0.25, 0.3) is 0 Å². The molecule has 3 rings (SSSR count). The van der Waals surface area contributed by atoms with Gasteiger partial charge in [0.05, 0.1) is 25.7 Å². The topological polar surface area (TPSA) is 60.5 Å². The Bertz CT molecular complexity index is 727. The van der Waals surface area contributed by atoms with E-state index in [-0.39, 0.29) is 5.91 Å². The summed E-state index contributed by atoms with van der Waals surface area (Å²) in [4.78, 5) is 16.7. The number of methoxy groups -OCH3 is 2. The molecule has 0 atom stereocenters. The van der Waals surface area contributed by atoms with E-state index in [0.717, 1.165) is 22.8 Å². The molecule has 1 fully saturated rings. The van der Waals surface area contributed by atoms with E-state index in [9.17, 15) is 4.79 Å². The van der Waals surface area contributed by atoms with Crippen LogP contribution in [0.15, 0.2) is 23.6 Å². The molecule has 1 aromatic heterocycles. The Kier molecular flexibility index (Phi) is 6.20. The van der Waals surface area contributed by atoms with Crippen molar-refractivity contribution < 1.29 is 14.3 Å². The summed E-state index contributed by atoms with van der Waals surface area (Å²) in [5.74, 6) is 1.96. The zero-order chi connectivity index (χ0) is 17.6. The lowest BCUT2D eigenvalue weighted by Crippen LogP contribution is -2.15. The molecule has 0 unspecified atom stereocenters. The maximum Gasteiger partial charge on any atom is 0.236 e. The average molecular weight is 379 g/mol. The number of hydrogen-bond donors (Lipinski definition) is 1. The van der Waals surface area contributed by atoms with Gasteiger partial charge in [-0.2, -0.15) is 0 Å². The molecule has 5 nitrogen and oxygen atoms in total. The van der Waals surface area contributed by atoms with Crippen LogP contribution in [0.1, 0.15) is 25.7 Å². The van der Waals surface area contributed by atoms with Crippen LogP contribution in [-0.4, -0.2) is 36.1 Å². The summed E-state index contributed by atoms with van der Waals surface area (Å²) < 4.78 is 10.7. The fourth-order valence-corrected chi connectivity index (χ4v) is 4.73. The number of nitrogens with zero attached hydrogens (tertiary/aromatic N) is 1. The quantitative estimate of drug-likeness (QED) is 0.772. The highest BCUT2D eigenvalue weighted by Crippen LogP contribution is 2.35. The van der Waals surface area contributed by atoms with E-state index in [1.165, 1.54) is 37.0 Å². The van der Waals surface area contributed by atoms with Gasteiger partial charge in [-0.05, 0) is 31.0 Å². The molecule has 0 radical (unpaired) electrons. The summed E-state index contributed by atoms with van der Waals surface area (Å²) in [6.07, 6.45) is 5.04. The lowest BCUT2D eigenvalue weighted by Gasteiger charge is -2.09. The minimum absolute atomic E-state index is 0.00964. The lowest BCUT2D eigenvalue weighted by atomic mass is 10.1. The highest BCUT2D eigenvalue weighted by molar-refractivity contribution is 8.00. The number of carbonyl (C=O) groups excluding carboxylic acids is 1. The molecule has 1 saturated carbocycles. The summed E-state index contributed by atoms with van der Waals surface area (Å²) >= 11 is 3.17. The van der Waals surface area contributed by atoms with Crippen LogP contribution < -0.4 is 14.8 Å². The van der Waals surface area contributed by atoms with Gasteiger partial charge < -0.3 is 14.8 Å². The second-order valence-corrected chi connectivity index (χ2v) is 8.02. The van der Waals surface area contributed by atoms with Crippen molar-refractivity contribution in [1.29, 1.82) is 0 Å². The van der Waals surface area contributed by atoms with Crippen molar-refractivity contribution in [3.05, 3.63) is 23.6 Å². The van der Waals surface area contributed by atoms with Crippen molar-refractivity contribution in [1.82, 2.24) is 4.98 Å². The van der Waals surface area contributed by atoms with Crippen molar-refractivity contribution >= 4 is 34.1 Å². The molecule has 1 aliphatic carbocycles. The maximum absolute atomic E-state index is 12.1. The number of aromatic nitrogens is 1. The van der Waals surface area contributed by atoms with Gasteiger partial charge in [0.1, 0.15) is 11.5 Å². The molecule has 0 bridgehead atoms. The van der Waals surface area contributed by atoms with Gasteiger partial charge in [-0.15, -0.1) is 23.1 Å². The minimum atomic E-state index is 0.00964. The van der Waals surface area contributed by atoms with Crippen LogP contribution in [0.4, 0.5) is 5.13 Å². The molecule has 134 valence electrons. The molecule has 25 heavy (non-hydrogen) atoms. The Morgan fingerprint density at radius 2 is 2.12 bits per heavy atom. The molecule has 7 heteroatoms. The molecule has 2 aromatic rings. The zero-order valence-corrected chi connectivity index (χ0v) is 16.0. The van der Waals surface area contributed by atoms with Crippen LogP contribution in [0.25, 0.3) is 11.3 Å². The largest absolute Gasteiger partial charge is 0.497 e. The first-order valence-corrected chi connectivity index (χ1v) is 10.2. The van der Waals surface area contributed by atoms with Gasteiger partial charge in [0.15, 0.2) is 5.13 Å². The summed E-state index contributed by atoms with van der Waals surface area (Å²) in [7, 11) is 3.25. The van der Waals surface area contributed by atoms with Gasteiger partial charge in [-0.1, -0.05) is 12.8 Å². The summed E-state index contributed by atoms with van der Waals surface area (Å²) in [5.41, 5.74) is 1.61. The number of benzene rings is 1. The van der Waals surface area contributed by atoms with Crippen LogP contribution in [-0.2, 0) is 4.79 Å². The monoisotopic (exact) mass is 378 g/mol. The highest BCUT2D eigenvalue weighted by atomic mass is 32.2. The Balaban J connectivity index is 1.64. The van der Waals surface area contributed by atoms with Crippen molar-refractivity contribution in [2.75, 3.05) is 25.3 Å². The molecule has 1 aromatic carbocycles. The van der Waals surface area contributed by atoms with Crippen LogP contribution in [0.3, 0.4) is 0 Å². The summed E-state index contributed by atoms with van der Waals surface area (Å²) in [6, 6.07) is 5.58. The molecule has 0 saturated heterocycles.